The van der Waals surface area contributed by atoms with E-state index < -0.39 is 112 Å². The first-order valence-electron chi connectivity index (χ1n) is 11.6. The highest BCUT2D eigenvalue weighted by Gasteiger charge is 2.52. The van der Waals surface area contributed by atoms with E-state index in [-0.39, 0.29) is 0 Å². The maximum Gasteiger partial charge on any atom is 0.176 e. The molecule has 0 spiro atoms. The molecule has 36 heavy (non-hydrogen) atoms. The lowest BCUT2D eigenvalue weighted by molar-refractivity contribution is -0.349. The summed E-state index contributed by atoms with van der Waals surface area (Å²) in [6, 6.07) is -3.43. The maximum absolute atomic E-state index is 10.9. The molecule has 3 heterocycles. The van der Waals surface area contributed by atoms with Crippen LogP contribution in [-0.2, 0) is 33.2 Å². The molecule has 0 aliphatic carbocycles. The lowest BCUT2D eigenvalue weighted by Gasteiger charge is -2.49. The van der Waals surface area contributed by atoms with Crippen molar-refractivity contribution >= 4 is 0 Å². The van der Waals surface area contributed by atoms with Crippen molar-refractivity contribution in [3.8, 4) is 0 Å². The van der Waals surface area contributed by atoms with Gasteiger partial charge >= 0.3 is 0 Å². The van der Waals surface area contributed by atoms with Crippen LogP contribution in [0.5, 0.6) is 0 Å². The van der Waals surface area contributed by atoms with Gasteiger partial charge in [0.25, 0.3) is 0 Å². The van der Waals surface area contributed by atoms with Gasteiger partial charge in [0.15, 0.2) is 18.9 Å². The standard InChI is InChI=1S/C20H39N3O13/c1-30-15-6(3-24)33-19(10(22)12(15)27)36-17-8(5-26)34-20(11(23)14(17)29)35-16-7(4-25)32-18(31-2)9(21)13(16)28/h6-20,24-29H,3-5,21-23H2,1-2H3. The van der Waals surface area contributed by atoms with Crippen LogP contribution >= 0.6 is 0 Å². The van der Waals surface area contributed by atoms with E-state index in [4.69, 9.17) is 50.4 Å². The first kappa shape index (κ1) is 29.9. The van der Waals surface area contributed by atoms with Crippen LogP contribution in [0.3, 0.4) is 0 Å². The lowest BCUT2D eigenvalue weighted by atomic mass is 9.94. The van der Waals surface area contributed by atoms with Crippen LogP contribution in [0.15, 0.2) is 0 Å². The van der Waals surface area contributed by atoms with Gasteiger partial charge in [0, 0.05) is 14.2 Å². The predicted octanol–water partition coefficient (Wildman–Crippen LogP) is -6.37. The Morgan fingerprint density at radius 2 is 0.889 bits per heavy atom. The molecule has 3 fully saturated rings. The topological polar surface area (TPSA) is 264 Å². The van der Waals surface area contributed by atoms with Gasteiger partial charge in [-0.3, -0.25) is 0 Å². The molecule has 3 aliphatic heterocycles. The number of hydrogen-bond acceptors (Lipinski definition) is 16. The summed E-state index contributed by atoms with van der Waals surface area (Å²) in [4.78, 5) is 0. The molecule has 0 saturated carbocycles. The van der Waals surface area contributed by atoms with Crippen LogP contribution in [0.25, 0.3) is 0 Å². The number of ether oxygens (including phenoxy) is 7. The fraction of sp³-hybridized carbons (Fsp3) is 1.00. The Labute approximate surface area is 207 Å². The largest absolute Gasteiger partial charge is 0.394 e. The number of rotatable bonds is 9. The normalized spacial score (nSPS) is 50.2. The molecule has 16 heteroatoms. The summed E-state index contributed by atoms with van der Waals surface area (Å²) in [5.41, 5.74) is 18.1. The van der Waals surface area contributed by atoms with Crippen molar-refractivity contribution < 1.29 is 63.8 Å². The number of methoxy groups -OCH3 is 2. The average molecular weight is 530 g/mol. The fourth-order valence-corrected chi connectivity index (χ4v) is 4.66. The van der Waals surface area contributed by atoms with Gasteiger partial charge in [-0.1, -0.05) is 0 Å². The zero-order chi connectivity index (χ0) is 26.7. The van der Waals surface area contributed by atoms with Gasteiger partial charge in [-0.2, -0.15) is 0 Å². The summed E-state index contributed by atoms with van der Waals surface area (Å²) in [7, 11) is 2.65. The molecule has 0 aromatic carbocycles. The summed E-state index contributed by atoms with van der Waals surface area (Å²) in [5, 5.41) is 61.2. The Hall–Kier alpha value is -0.640. The third-order valence-electron chi connectivity index (χ3n) is 6.79. The molecule has 3 saturated heterocycles. The third-order valence-corrected chi connectivity index (χ3v) is 6.79. The third kappa shape index (κ3) is 5.84. The van der Waals surface area contributed by atoms with E-state index in [2.05, 4.69) is 0 Å². The van der Waals surface area contributed by atoms with Gasteiger partial charge in [-0.25, -0.2) is 0 Å². The summed E-state index contributed by atoms with van der Waals surface area (Å²) >= 11 is 0. The number of nitrogens with two attached hydrogens (primary N) is 3. The second kappa shape index (κ2) is 12.9. The van der Waals surface area contributed by atoms with E-state index in [1.165, 1.54) is 14.2 Å². The van der Waals surface area contributed by atoms with E-state index in [1.807, 2.05) is 0 Å². The minimum atomic E-state index is -1.50. The van der Waals surface area contributed by atoms with Crippen LogP contribution in [0.2, 0.25) is 0 Å². The predicted molar refractivity (Wildman–Crippen MR) is 117 cm³/mol. The zero-order valence-corrected chi connectivity index (χ0v) is 20.1. The molecule has 0 radical (unpaired) electrons. The number of aliphatic hydroxyl groups excluding tert-OH is 6. The van der Waals surface area contributed by atoms with Crippen molar-refractivity contribution in [1.82, 2.24) is 0 Å². The van der Waals surface area contributed by atoms with E-state index in [1.54, 1.807) is 0 Å². The quantitative estimate of drug-likeness (QED) is 0.134. The Kier molecular flexibility index (Phi) is 10.8. The Morgan fingerprint density at radius 3 is 1.25 bits per heavy atom. The van der Waals surface area contributed by atoms with Gasteiger partial charge in [-0.15, -0.1) is 0 Å². The zero-order valence-electron chi connectivity index (χ0n) is 20.1. The average Bonchev–Trinajstić information content (AvgIpc) is 2.88. The van der Waals surface area contributed by atoms with E-state index in [9.17, 15) is 30.6 Å². The second-order valence-electron chi connectivity index (χ2n) is 9.02. The molecule has 212 valence electrons. The van der Waals surface area contributed by atoms with Crippen molar-refractivity contribution in [2.75, 3.05) is 34.0 Å². The minimum Gasteiger partial charge on any atom is -0.394 e. The Morgan fingerprint density at radius 1 is 0.556 bits per heavy atom. The van der Waals surface area contributed by atoms with Gasteiger partial charge in [-0.05, 0) is 0 Å². The molecule has 0 bridgehead atoms. The smallest absolute Gasteiger partial charge is 0.176 e. The maximum atomic E-state index is 10.9. The molecule has 3 aliphatic rings. The summed E-state index contributed by atoms with van der Waals surface area (Å²) in [6.45, 7) is -1.71. The van der Waals surface area contributed by atoms with Crippen molar-refractivity contribution in [3.63, 3.8) is 0 Å². The molecule has 15 atom stereocenters. The van der Waals surface area contributed by atoms with Crippen LogP contribution in [0.1, 0.15) is 0 Å². The van der Waals surface area contributed by atoms with Crippen molar-refractivity contribution in [1.29, 1.82) is 0 Å². The van der Waals surface area contributed by atoms with Crippen LogP contribution in [0, 0.1) is 0 Å². The molecule has 3 rings (SSSR count). The molecular formula is C20H39N3O13. The van der Waals surface area contributed by atoms with Crippen LogP contribution < -0.4 is 17.2 Å². The minimum absolute atomic E-state index is 0.505. The lowest BCUT2D eigenvalue weighted by Crippen LogP contribution is -2.69. The molecule has 0 aromatic rings. The van der Waals surface area contributed by atoms with Crippen LogP contribution in [0.4, 0.5) is 0 Å². The molecule has 0 aromatic heterocycles. The molecule has 12 N–H and O–H groups in total. The van der Waals surface area contributed by atoms with Crippen molar-refractivity contribution in [2.24, 2.45) is 17.2 Å². The van der Waals surface area contributed by atoms with E-state index in [0.29, 0.717) is 0 Å². The summed E-state index contributed by atoms with van der Waals surface area (Å²) in [6.07, 6.45) is -14.5. The van der Waals surface area contributed by atoms with Gasteiger partial charge in [0.2, 0.25) is 0 Å². The Bertz CT molecular complexity index is 677. The fourth-order valence-electron chi connectivity index (χ4n) is 4.66. The molecular weight excluding hydrogens is 490 g/mol. The molecule has 15 unspecified atom stereocenters. The number of aliphatic hydroxyl groups is 6. The highest BCUT2D eigenvalue weighted by atomic mass is 16.7. The van der Waals surface area contributed by atoms with E-state index >= 15 is 0 Å². The van der Waals surface area contributed by atoms with Gasteiger partial charge in [0.1, 0.15) is 54.9 Å². The first-order chi connectivity index (χ1) is 17.1. The Balaban J connectivity index is 1.72. The summed E-state index contributed by atoms with van der Waals surface area (Å²) < 4.78 is 38.6. The molecule has 16 nitrogen and oxygen atoms in total. The highest BCUT2D eigenvalue weighted by molar-refractivity contribution is 4.98. The second-order valence-corrected chi connectivity index (χ2v) is 9.02. The molecule has 0 amide bonds. The highest BCUT2D eigenvalue weighted by Crippen LogP contribution is 2.31. The van der Waals surface area contributed by atoms with Crippen molar-refractivity contribution in [2.45, 2.75) is 91.9 Å². The first-order valence-corrected chi connectivity index (χ1v) is 11.6. The van der Waals surface area contributed by atoms with Gasteiger partial charge < -0.3 is 81.0 Å². The monoisotopic (exact) mass is 529 g/mol. The number of hydrogen-bond donors (Lipinski definition) is 9. The summed E-state index contributed by atoms with van der Waals surface area (Å²) in [5.74, 6) is 0. The van der Waals surface area contributed by atoms with Crippen LogP contribution in [-0.4, -0.2) is 157 Å². The van der Waals surface area contributed by atoms with Gasteiger partial charge in [0.05, 0.1) is 37.9 Å². The van der Waals surface area contributed by atoms with E-state index in [0.717, 1.165) is 0 Å². The SMILES string of the molecule is COC1OC(CO)C(OC2OC(CO)C(OC3OC(CO)C(OC)C(O)C3N)C(O)C2N)C(O)C1N. The van der Waals surface area contributed by atoms with Crippen molar-refractivity contribution in [3.05, 3.63) is 0 Å².